The second kappa shape index (κ2) is 14.7. The molecule has 12 nitrogen and oxygen atoms in total. The molecule has 0 bridgehead atoms. The summed E-state index contributed by atoms with van der Waals surface area (Å²) >= 11 is 2.01. The van der Waals surface area contributed by atoms with Crippen LogP contribution in [0.25, 0.3) is 0 Å². The number of cyclic esters (lactones) is 1. The summed E-state index contributed by atoms with van der Waals surface area (Å²) in [4.78, 5) is 77.0. The molecule has 0 aromatic heterocycles. The number of carbonyl (C=O) groups excluding carboxylic acids is 5. The van der Waals surface area contributed by atoms with Gasteiger partial charge in [-0.05, 0) is 6.07 Å². The monoisotopic (exact) mass is 641 g/mol. The number of ketones is 1. The largest absolute Gasteiger partial charge is 0.457 e. The third-order valence-corrected chi connectivity index (χ3v) is 7.57. The van der Waals surface area contributed by atoms with Crippen LogP contribution in [0.4, 0.5) is 5.69 Å². The number of para-hydroxylation sites is 1. The van der Waals surface area contributed by atoms with Crippen LogP contribution < -0.4 is 10.4 Å². The number of hydroxylamine groups is 1. The molecule has 222 valence electrons. The van der Waals surface area contributed by atoms with E-state index in [1.165, 1.54) is 10.7 Å². The average molecular weight is 642 g/mol. The van der Waals surface area contributed by atoms with Crippen molar-refractivity contribution in [1.82, 2.24) is 9.13 Å². The number of nitrogens with zero attached hydrogens (tertiary/aromatic N) is 2. The first-order chi connectivity index (χ1) is 19.9. The molecule has 4 rings (SSSR count). The third-order valence-electron chi connectivity index (χ3n) is 6.38. The molecule has 42 heavy (non-hydrogen) atoms. The maximum Gasteiger partial charge on any atom is 0.338 e. The Morgan fingerprint density at radius 1 is 1.02 bits per heavy atom. The Kier molecular flexibility index (Phi) is 11.4. The van der Waals surface area contributed by atoms with Crippen molar-refractivity contribution in [3.8, 4) is 0 Å². The number of fused-ring (bicyclic) bond motifs is 2. The number of anilines is 1. The fraction of sp³-hybridized carbons (Fsp3) is 0.379. The van der Waals surface area contributed by atoms with Crippen molar-refractivity contribution < 1.29 is 43.4 Å². The van der Waals surface area contributed by atoms with Gasteiger partial charge in [0.15, 0.2) is 0 Å². The number of amides is 3. The zero-order valence-electron chi connectivity index (χ0n) is 23.4. The Balaban J connectivity index is 0.000000401. The Morgan fingerprint density at radius 3 is 2.31 bits per heavy atom. The third kappa shape index (κ3) is 8.50. The van der Waals surface area contributed by atoms with Gasteiger partial charge >= 0.3 is 195 Å². The predicted octanol–water partition coefficient (Wildman–Crippen LogP) is 1.74. The van der Waals surface area contributed by atoms with Crippen LogP contribution in [0.3, 0.4) is 0 Å². The number of Topliss-reactive ketones (excluding diaryl/α,β-unsaturated/α-hetero) is 1. The molecule has 0 aliphatic carbocycles. The summed E-state index contributed by atoms with van der Waals surface area (Å²) in [7, 11) is 0. The maximum atomic E-state index is 12.6. The van der Waals surface area contributed by atoms with E-state index in [9.17, 15) is 28.8 Å². The maximum absolute atomic E-state index is 12.6. The molecule has 2 N–H and O–H groups in total. The Bertz CT molecular complexity index is 1360. The van der Waals surface area contributed by atoms with E-state index in [-0.39, 0.29) is 36.5 Å². The van der Waals surface area contributed by atoms with Crippen LogP contribution in [-0.4, -0.2) is 80.1 Å². The number of ether oxygens (including phenoxy) is 1. The molecule has 2 aliphatic heterocycles. The summed E-state index contributed by atoms with van der Waals surface area (Å²) in [5.74, 6) is -3.40. The number of hydrogen-bond acceptors (Lipinski definition) is 8. The van der Waals surface area contributed by atoms with Gasteiger partial charge in [0.2, 0.25) is 0 Å². The first-order valence-electron chi connectivity index (χ1n) is 13.2. The second-order valence-corrected chi connectivity index (χ2v) is 11.0. The average Bonchev–Trinajstić information content (AvgIpc) is 3.48. The van der Waals surface area contributed by atoms with Crippen LogP contribution in [0.2, 0.25) is 0 Å². The van der Waals surface area contributed by atoms with Crippen molar-refractivity contribution in [1.29, 1.82) is 0 Å². The molecule has 2 atom stereocenters. The van der Waals surface area contributed by atoms with Crippen molar-refractivity contribution in [3.63, 3.8) is 0 Å². The molecule has 2 radical (unpaired) electrons. The second-order valence-electron chi connectivity index (χ2n) is 10.1. The fourth-order valence-electron chi connectivity index (χ4n) is 4.15. The molecule has 2 aliphatic rings. The minimum atomic E-state index is -1.38. The Hall–Kier alpha value is -4.02. The number of benzene rings is 2. The first kappa shape index (κ1) is 32.5. The molecule has 0 saturated heterocycles. The van der Waals surface area contributed by atoms with Gasteiger partial charge in [0.05, 0.1) is 5.56 Å². The van der Waals surface area contributed by atoms with Crippen LogP contribution >= 0.6 is 0 Å². The number of carbonyl (C=O) groups is 6. The van der Waals surface area contributed by atoms with Crippen LogP contribution in [0.1, 0.15) is 55.1 Å². The molecule has 3 amide bonds. The van der Waals surface area contributed by atoms with E-state index >= 15 is 0 Å². The molecule has 0 spiro atoms. The van der Waals surface area contributed by atoms with E-state index < -0.39 is 42.8 Å². The summed E-state index contributed by atoms with van der Waals surface area (Å²) in [6.45, 7) is 5.05. The summed E-state index contributed by atoms with van der Waals surface area (Å²) in [5.41, 5.74) is 2.97. The van der Waals surface area contributed by atoms with Crippen LogP contribution in [0.5, 0.6) is 0 Å². The molecule has 0 fully saturated rings. The van der Waals surface area contributed by atoms with Gasteiger partial charge in [-0.2, -0.15) is 0 Å². The van der Waals surface area contributed by atoms with Crippen molar-refractivity contribution in [3.05, 3.63) is 65.2 Å². The number of aliphatic carboxylic acids is 1. The van der Waals surface area contributed by atoms with Gasteiger partial charge in [-0.3, -0.25) is 0 Å². The number of hydrogen-bond donors (Lipinski definition) is 2. The van der Waals surface area contributed by atoms with E-state index in [2.05, 4.69) is 5.32 Å². The van der Waals surface area contributed by atoms with Crippen molar-refractivity contribution in [2.24, 2.45) is 5.92 Å². The number of carboxylic acids is 1. The van der Waals surface area contributed by atoms with Gasteiger partial charge in [0.25, 0.3) is 0 Å². The summed E-state index contributed by atoms with van der Waals surface area (Å²) in [6.07, 6.45) is -0.293. The molecule has 13 heteroatoms. The van der Waals surface area contributed by atoms with Gasteiger partial charge in [0, 0.05) is 5.56 Å². The topological polar surface area (TPSA) is 160 Å². The molecular weight excluding hydrogens is 609 g/mol. The molecule has 0 saturated carbocycles. The SMILES string of the molecule is CC(C)CC(=O)N([As])C(C)C(=O)NC(CC(=O)O)C(=O)CON1C(=O)Cc2ccccc21.O=C1OCc2ccccc21. The predicted molar refractivity (Wildman–Crippen MR) is 150 cm³/mol. The van der Waals surface area contributed by atoms with Gasteiger partial charge in [-0.25, -0.2) is 4.79 Å². The van der Waals surface area contributed by atoms with E-state index in [0.29, 0.717) is 17.9 Å². The molecule has 2 unspecified atom stereocenters. The minimum absolute atomic E-state index is 0.0984. The van der Waals surface area contributed by atoms with Gasteiger partial charge in [0.1, 0.15) is 6.61 Å². The van der Waals surface area contributed by atoms with Crippen molar-refractivity contribution in [2.75, 3.05) is 11.7 Å². The first-order valence-corrected chi connectivity index (χ1v) is 14.1. The number of rotatable bonds is 11. The standard InChI is InChI=1S/C21H26AsN3O7.C8H6O2/c1-12(2)8-18(27)24(22)13(3)21(31)23-15(10-20(29)30)17(26)11-32-25-16-7-5-4-6-14(16)9-19(25)28;9-8-7-4-2-1-3-6(7)5-10-8/h4-7,12-13,15H,8-11H2,1-3H3,(H,23,31)(H,29,30);1-4H,5H2. The van der Waals surface area contributed by atoms with Crippen LogP contribution in [0.15, 0.2) is 48.5 Å². The number of nitrogens with one attached hydrogen (secondary N) is 1. The van der Waals surface area contributed by atoms with Gasteiger partial charge in [-0.15, -0.1) is 0 Å². The van der Waals surface area contributed by atoms with Crippen LogP contribution in [0, 0.1) is 5.92 Å². The normalized spacial score (nSPS) is 14.6. The molecule has 2 aromatic rings. The van der Waals surface area contributed by atoms with Crippen LogP contribution in [-0.2, 0) is 46.6 Å². The zero-order valence-corrected chi connectivity index (χ0v) is 25.3. The quantitative estimate of drug-likeness (QED) is 0.275. The smallest absolute Gasteiger partial charge is 0.338 e. The molecule has 2 heterocycles. The van der Waals surface area contributed by atoms with Crippen molar-refractivity contribution in [2.45, 2.75) is 58.7 Å². The fourth-order valence-corrected chi connectivity index (χ4v) is 4.54. The minimum Gasteiger partial charge on any atom is -0.457 e. The summed E-state index contributed by atoms with van der Waals surface area (Å²) in [5, 5.41) is 12.5. The zero-order chi connectivity index (χ0) is 31.0. The van der Waals surface area contributed by atoms with Crippen molar-refractivity contribution >= 4 is 58.2 Å². The van der Waals surface area contributed by atoms with E-state index in [1.54, 1.807) is 30.3 Å². The summed E-state index contributed by atoms with van der Waals surface area (Å²) in [6, 6.07) is 12.1. The molecule has 2 aromatic carbocycles. The van der Waals surface area contributed by atoms with E-state index in [1.807, 2.05) is 49.1 Å². The number of esters is 1. The Morgan fingerprint density at radius 2 is 1.67 bits per heavy atom. The Labute approximate surface area is 252 Å². The molecular formula is C29H32AsN3O9. The van der Waals surface area contributed by atoms with Gasteiger partial charge < -0.3 is 4.74 Å². The van der Waals surface area contributed by atoms with E-state index in [0.717, 1.165) is 16.2 Å². The van der Waals surface area contributed by atoms with E-state index in [4.69, 9.17) is 14.7 Å². The summed E-state index contributed by atoms with van der Waals surface area (Å²) < 4.78 is 5.98. The number of carboxylic acid groups (broad SMARTS) is 1. The van der Waals surface area contributed by atoms with Gasteiger partial charge in [-0.1, -0.05) is 24.3 Å².